The van der Waals surface area contributed by atoms with Crippen molar-refractivity contribution in [3.8, 4) is 0 Å². The third kappa shape index (κ3) is 5.41. The Morgan fingerprint density at radius 1 is 1.26 bits per heavy atom. The lowest BCUT2D eigenvalue weighted by Crippen LogP contribution is -2.38. The number of hydrogen-bond donors (Lipinski definition) is 3. The van der Waals surface area contributed by atoms with Gasteiger partial charge in [-0.15, -0.1) is 0 Å². The number of rotatable bonds is 6. The van der Waals surface area contributed by atoms with Crippen LogP contribution in [0.3, 0.4) is 0 Å². The van der Waals surface area contributed by atoms with Gasteiger partial charge in [0, 0.05) is 31.9 Å². The standard InChI is InChI=1S/C15H20FN3O4/c16-12-1-2-13(19-5-7-23-8-6-19)11(9-12)10-18-15(22)17-4-3-14(20)21/h1-2,9H,3-8,10H2,(H,20,21)(H2,17,18,22). The van der Waals surface area contributed by atoms with Crippen molar-refractivity contribution in [3.05, 3.63) is 29.6 Å². The first-order valence-corrected chi connectivity index (χ1v) is 7.41. The normalized spacial score (nSPS) is 14.4. The van der Waals surface area contributed by atoms with E-state index >= 15 is 0 Å². The molecule has 0 aromatic heterocycles. The Morgan fingerprint density at radius 2 is 2.00 bits per heavy atom. The number of aliphatic carboxylic acids is 1. The number of nitrogens with one attached hydrogen (secondary N) is 2. The van der Waals surface area contributed by atoms with Gasteiger partial charge in [0.1, 0.15) is 5.82 Å². The number of amides is 2. The molecule has 23 heavy (non-hydrogen) atoms. The first kappa shape index (κ1) is 17.0. The fraction of sp³-hybridized carbons (Fsp3) is 0.467. The predicted octanol–water partition coefficient (Wildman–Crippen LogP) is 0.936. The van der Waals surface area contributed by atoms with Gasteiger partial charge in [0.25, 0.3) is 0 Å². The van der Waals surface area contributed by atoms with Crippen molar-refractivity contribution in [3.63, 3.8) is 0 Å². The van der Waals surface area contributed by atoms with Gasteiger partial charge in [0.05, 0.1) is 19.6 Å². The lowest BCUT2D eigenvalue weighted by molar-refractivity contribution is -0.136. The van der Waals surface area contributed by atoms with Gasteiger partial charge in [0.15, 0.2) is 0 Å². The molecule has 8 heteroatoms. The number of ether oxygens (including phenoxy) is 1. The summed E-state index contributed by atoms with van der Waals surface area (Å²) < 4.78 is 18.8. The third-order valence-electron chi connectivity index (χ3n) is 3.46. The number of nitrogens with zero attached hydrogens (tertiary/aromatic N) is 1. The first-order chi connectivity index (χ1) is 11.1. The van der Waals surface area contributed by atoms with Crippen molar-refractivity contribution >= 4 is 17.7 Å². The summed E-state index contributed by atoms with van der Waals surface area (Å²) in [5, 5.41) is 13.6. The van der Waals surface area contributed by atoms with Crippen LogP contribution in [-0.4, -0.2) is 50.0 Å². The number of carboxylic acid groups (broad SMARTS) is 1. The summed E-state index contributed by atoms with van der Waals surface area (Å²) in [6, 6.07) is 3.99. The Labute approximate surface area is 133 Å². The highest BCUT2D eigenvalue weighted by Gasteiger charge is 2.15. The topological polar surface area (TPSA) is 90.9 Å². The molecule has 1 aliphatic rings. The second kappa shape index (κ2) is 8.33. The maximum absolute atomic E-state index is 13.5. The molecule has 126 valence electrons. The lowest BCUT2D eigenvalue weighted by atomic mass is 10.1. The molecule has 1 heterocycles. The van der Waals surface area contributed by atoms with Gasteiger partial charge in [-0.3, -0.25) is 4.79 Å². The second-order valence-corrected chi connectivity index (χ2v) is 5.13. The van der Waals surface area contributed by atoms with Crippen LogP contribution in [-0.2, 0) is 16.1 Å². The van der Waals surface area contributed by atoms with E-state index in [1.54, 1.807) is 6.07 Å². The van der Waals surface area contributed by atoms with Crippen LogP contribution < -0.4 is 15.5 Å². The van der Waals surface area contributed by atoms with Crippen LogP contribution >= 0.6 is 0 Å². The molecular formula is C15H20FN3O4. The molecule has 0 bridgehead atoms. The number of anilines is 1. The van der Waals surface area contributed by atoms with Gasteiger partial charge >= 0.3 is 12.0 Å². The van der Waals surface area contributed by atoms with Crippen LogP contribution in [0.4, 0.5) is 14.9 Å². The third-order valence-corrected chi connectivity index (χ3v) is 3.46. The molecular weight excluding hydrogens is 305 g/mol. The highest BCUT2D eigenvalue weighted by molar-refractivity contribution is 5.75. The summed E-state index contributed by atoms with van der Waals surface area (Å²) in [4.78, 5) is 24.1. The monoisotopic (exact) mass is 325 g/mol. The molecule has 2 amide bonds. The van der Waals surface area contributed by atoms with Crippen LogP contribution in [0.5, 0.6) is 0 Å². The van der Waals surface area contributed by atoms with Crippen LogP contribution in [0.1, 0.15) is 12.0 Å². The summed E-state index contributed by atoms with van der Waals surface area (Å²) >= 11 is 0. The maximum Gasteiger partial charge on any atom is 0.315 e. The van der Waals surface area contributed by atoms with Crippen molar-refractivity contribution in [2.24, 2.45) is 0 Å². The summed E-state index contributed by atoms with van der Waals surface area (Å²) in [5.41, 5.74) is 1.53. The van der Waals surface area contributed by atoms with E-state index in [0.29, 0.717) is 31.9 Å². The molecule has 0 saturated carbocycles. The van der Waals surface area contributed by atoms with Gasteiger partial charge in [-0.2, -0.15) is 0 Å². The van der Waals surface area contributed by atoms with E-state index in [-0.39, 0.29) is 25.3 Å². The molecule has 1 saturated heterocycles. The molecule has 0 aliphatic carbocycles. The molecule has 2 rings (SSSR count). The molecule has 0 unspecified atom stereocenters. The van der Waals surface area contributed by atoms with Crippen molar-refractivity contribution < 1.29 is 23.8 Å². The average Bonchev–Trinajstić information content (AvgIpc) is 2.53. The van der Waals surface area contributed by atoms with Gasteiger partial charge in [0.2, 0.25) is 0 Å². The van der Waals surface area contributed by atoms with Crippen LogP contribution in [0, 0.1) is 5.82 Å². The molecule has 1 aliphatic heterocycles. The zero-order valence-electron chi connectivity index (χ0n) is 12.7. The van der Waals surface area contributed by atoms with E-state index in [9.17, 15) is 14.0 Å². The number of benzene rings is 1. The molecule has 0 spiro atoms. The first-order valence-electron chi connectivity index (χ1n) is 7.41. The zero-order chi connectivity index (χ0) is 16.7. The molecule has 7 nitrogen and oxygen atoms in total. The van der Waals surface area contributed by atoms with Gasteiger partial charge in [-0.25, -0.2) is 9.18 Å². The molecule has 1 fully saturated rings. The minimum Gasteiger partial charge on any atom is -0.481 e. The van der Waals surface area contributed by atoms with Crippen LogP contribution in [0.25, 0.3) is 0 Å². The van der Waals surface area contributed by atoms with E-state index in [2.05, 4.69) is 15.5 Å². The highest BCUT2D eigenvalue weighted by atomic mass is 19.1. The van der Waals surface area contributed by atoms with E-state index < -0.39 is 12.0 Å². The highest BCUT2D eigenvalue weighted by Crippen LogP contribution is 2.22. The largest absolute Gasteiger partial charge is 0.481 e. The van der Waals surface area contributed by atoms with E-state index in [1.807, 2.05) is 0 Å². The van der Waals surface area contributed by atoms with Gasteiger partial charge < -0.3 is 25.4 Å². The molecule has 1 aromatic carbocycles. The SMILES string of the molecule is O=C(O)CCNC(=O)NCc1cc(F)ccc1N1CCOCC1. The Kier molecular flexibility index (Phi) is 6.16. The van der Waals surface area contributed by atoms with Crippen molar-refractivity contribution in [1.82, 2.24) is 10.6 Å². The fourth-order valence-corrected chi connectivity index (χ4v) is 2.33. The predicted molar refractivity (Wildman–Crippen MR) is 81.9 cm³/mol. The van der Waals surface area contributed by atoms with Crippen LogP contribution in [0.15, 0.2) is 18.2 Å². The number of carbonyl (C=O) groups is 2. The summed E-state index contributed by atoms with van der Waals surface area (Å²) in [6.45, 7) is 2.84. The summed E-state index contributed by atoms with van der Waals surface area (Å²) in [6.07, 6.45) is -0.146. The molecule has 0 radical (unpaired) electrons. The Morgan fingerprint density at radius 3 is 2.70 bits per heavy atom. The summed E-state index contributed by atoms with van der Waals surface area (Å²) in [7, 11) is 0. The van der Waals surface area contributed by atoms with Crippen LogP contribution in [0.2, 0.25) is 0 Å². The smallest absolute Gasteiger partial charge is 0.315 e. The Bertz CT molecular complexity index is 562. The van der Waals surface area contributed by atoms with Crippen molar-refractivity contribution in [1.29, 1.82) is 0 Å². The zero-order valence-corrected chi connectivity index (χ0v) is 12.7. The number of carbonyl (C=O) groups excluding carboxylic acids is 1. The van der Waals surface area contributed by atoms with E-state index in [0.717, 1.165) is 5.69 Å². The van der Waals surface area contributed by atoms with E-state index in [1.165, 1.54) is 12.1 Å². The molecule has 0 atom stereocenters. The minimum atomic E-state index is -0.981. The molecule has 3 N–H and O–H groups in total. The van der Waals surface area contributed by atoms with Gasteiger partial charge in [-0.05, 0) is 23.8 Å². The number of carboxylic acids is 1. The Hall–Kier alpha value is -2.35. The van der Waals surface area contributed by atoms with Crippen molar-refractivity contribution in [2.45, 2.75) is 13.0 Å². The Balaban J connectivity index is 1.94. The fourth-order valence-electron chi connectivity index (χ4n) is 2.33. The summed E-state index contributed by atoms with van der Waals surface area (Å²) in [5.74, 6) is -1.35. The molecule has 1 aromatic rings. The number of morpholine rings is 1. The van der Waals surface area contributed by atoms with E-state index in [4.69, 9.17) is 9.84 Å². The average molecular weight is 325 g/mol. The number of hydrogen-bond acceptors (Lipinski definition) is 4. The number of halogens is 1. The number of urea groups is 1. The van der Waals surface area contributed by atoms with Gasteiger partial charge in [-0.1, -0.05) is 0 Å². The van der Waals surface area contributed by atoms with Crippen molar-refractivity contribution in [2.75, 3.05) is 37.7 Å². The quantitative estimate of drug-likeness (QED) is 0.724. The maximum atomic E-state index is 13.5. The minimum absolute atomic E-state index is 0.0423. The lowest BCUT2D eigenvalue weighted by Gasteiger charge is -2.30. The second-order valence-electron chi connectivity index (χ2n) is 5.13.